The van der Waals surface area contributed by atoms with Crippen molar-refractivity contribution in [2.45, 2.75) is 32.7 Å². The van der Waals surface area contributed by atoms with E-state index in [1.807, 2.05) is 12.1 Å². The van der Waals surface area contributed by atoms with Crippen LogP contribution in [-0.4, -0.2) is 10.9 Å². The Hall–Kier alpha value is -2.20. The molecule has 4 nitrogen and oxygen atoms in total. The number of carbonyl (C=O) groups is 1. The molecule has 0 fully saturated rings. The molecule has 0 radical (unpaired) electrons. The van der Waals surface area contributed by atoms with Gasteiger partial charge in [-0.05, 0) is 37.5 Å². The first-order chi connectivity index (χ1) is 10.2. The van der Waals surface area contributed by atoms with Crippen molar-refractivity contribution in [1.29, 1.82) is 0 Å². The van der Waals surface area contributed by atoms with Crippen LogP contribution in [-0.2, 0) is 17.8 Å². The lowest BCUT2D eigenvalue weighted by molar-refractivity contribution is -0.116. The SMILES string of the molecule is Cc1ccc(CCCC(=O)Nc2cccc(CN)n2)cc1. The zero-order chi connectivity index (χ0) is 15.1. The van der Waals surface area contributed by atoms with E-state index >= 15 is 0 Å². The Balaban J connectivity index is 1.78. The minimum Gasteiger partial charge on any atom is -0.325 e. The van der Waals surface area contributed by atoms with Gasteiger partial charge in [0.05, 0.1) is 5.69 Å². The zero-order valence-corrected chi connectivity index (χ0v) is 12.3. The van der Waals surface area contributed by atoms with E-state index in [4.69, 9.17) is 5.73 Å². The van der Waals surface area contributed by atoms with Crippen LogP contribution < -0.4 is 11.1 Å². The maximum absolute atomic E-state index is 11.9. The maximum Gasteiger partial charge on any atom is 0.225 e. The highest BCUT2D eigenvalue weighted by atomic mass is 16.1. The fraction of sp³-hybridized carbons (Fsp3) is 0.294. The molecule has 0 atom stereocenters. The van der Waals surface area contributed by atoms with Crippen LogP contribution in [0.25, 0.3) is 0 Å². The van der Waals surface area contributed by atoms with E-state index in [9.17, 15) is 4.79 Å². The van der Waals surface area contributed by atoms with Crippen LogP contribution in [0.4, 0.5) is 5.82 Å². The normalized spacial score (nSPS) is 10.4. The van der Waals surface area contributed by atoms with E-state index in [1.165, 1.54) is 11.1 Å². The van der Waals surface area contributed by atoms with E-state index in [0.29, 0.717) is 18.8 Å². The van der Waals surface area contributed by atoms with Crippen molar-refractivity contribution >= 4 is 11.7 Å². The standard InChI is InChI=1S/C17H21N3O/c1-13-8-10-14(11-9-13)4-2-7-17(21)20-16-6-3-5-15(12-18)19-16/h3,5-6,8-11H,2,4,7,12,18H2,1H3,(H,19,20,21). The summed E-state index contributed by atoms with van der Waals surface area (Å²) in [6.07, 6.45) is 2.22. The number of nitrogens with zero attached hydrogens (tertiary/aromatic N) is 1. The predicted octanol–water partition coefficient (Wildman–Crippen LogP) is 2.81. The molecular formula is C17H21N3O. The summed E-state index contributed by atoms with van der Waals surface area (Å²) in [5, 5.41) is 2.81. The number of amides is 1. The first kappa shape index (κ1) is 15.2. The van der Waals surface area contributed by atoms with Gasteiger partial charge in [-0.1, -0.05) is 35.9 Å². The highest BCUT2D eigenvalue weighted by Crippen LogP contribution is 2.09. The van der Waals surface area contributed by atoms with Crippen LogP contribution in [0, 0.1) is 6.92 Å². The molecule has 0 unspecified atom stereocenters. The molecule has 3 N–H and O–H groups in total. The molecule has 1 aromatic carbocycles. The van der Waals surface area contributed by atoms with Gasteiger partial charge in [-0.15, -0.1) is 0 Å². The molecule has 1 aromatic heterocycles. The van der Waals surface area contributed by atoms with Gasteiger partial charge in [0.25, 0.3) is 0 Å². The molecule has 110 valence electrons. The third-order valence-corrected chi connectivity index (χ3v) is 3.27. The third-order valence-electron chi connectivity index (χ3n) is 3.27. The first-order valence-corrected chi connectivity index (χ1v) is 7.19. The third kappa shape index (κ3) is 5.00. The number of aryl methyl sites for hydroxylation is 2. The Labute approximate surface area is 125 Å². The summed E-state index contributed by atoms with van der Waals surface area (Å²) in [7, 11) is 0. The summed E-state index contributed by atoms with van der Waals surface area (Å²) < 4.78 is 0. The molecule has 4 heteroatoms. The van der Waals surface area contributed by atoms with Gasteiger partial charge in [-0.2, -0.15) is 0 Å². The second kappa shape index (κ2) is 7.55. The van der Waals surface area contributed by atoms with Crippen LogP contribution >= 0.6 is 0 Å². The van der Waals surface area contributed by atoms with E-state index in [-0.39, 0.29) is 5.91 Å². The Bertz CT molecular complexity index is 593. The predicted molar refractivity (Wildman–Crippen MR) is 84.9 cm³/mol. The van der Waals surface area contributed by atoms with Gasteiger partial charge >= 0.3 is 0 Å². The molecule has 1 amide bonds. The van der Waals surface area contributed by atoms with Crippen LogP contribution in [0.2, 0.25) is 0 Å². The van der Waals surface area contributed by atoms with Gasteiger partial charge in [0.15, 0.2) is 0 Å². The van der Waals surface area contributed by atoms with Crippen LogP contribution in [0.15, 0.2) is 42.5 Å². The smallest absolute Gasteiger partial charge is 0.225 e. The molecule has 0 aliphatic rings. The molecule has 21 heavy (non-hydrogen) atoms. The lowest BCUT2D eigenvalue weighted by atomic mass is 10.1. The Morgan fingerprint density at radius 2 is 1.95 bits per heavy atom. The van der Waals surface area contributed by atoms with Crippen molar-refractivity contribution in [2.75, 3.05) is 5.32 Å². The Kier molecular flexibility index (Phi) is 5.46. The summed E-state index contributed by atoms with van der Waals surface area (Å²) in [6, 6.07) is 13.9. The van der Waals surface area contributed by atoms with Crippen LogP contribution in [0.5, 0.6) is 0 Å². The average molecular weight is 283 g/mol. The monoisotopic (exact) mass is 283 g/mol. The molecule has 2 rings (SSSR count). The van der Waals surface area contributed by atoms with Gasteiger partial charge in [-0.3, -0.25) is 4.79 Å². The van der Waals surface area contributed by atoms with Crippen molar-refractivity contribution in [1.82, 2.24) is 4.98 Å². The number of rotatable bonds is 6. The fourth-order valence-corrected chi connectivity index (χ4v) is 2.08. The summed E-state index contributed by atoms with van der Waals surface area (Å²) in [4.78, 5) is 16.1. The van der Waals surface area contributed by atoms with Gasteiger partial charge in [0.2, 0.25) is 5.91 Å². The Morgan fingerprint density at radius 3 is 2.67 bits per heavy atom. The van der Waals surface area contributed by atoms with E-state index < -0.39 is 0 Å². The highest BCUT2D eigenvalue weighted by molar-refractivity contribution is 5.89. The van der Waals surface area contributed by atoms with Crippen molar-refractivity contribution in [3.05, 3.63) is 59.3 Å². The lowest BCUT2D eigenvalue weighted by Crippen LogP contribution is -2.13. The van der Waals surface area contributed by atoms with Crippen molar-refractivity contribution in [3.8, 4) is 0 Å². The Morgan fingerprint density at radius 1 is 1.19 bits per heavy atom. The lowest BCUT2D eigenvalue weighted by Gasteiger charge is -2.06. The molecule has 0 bridgehead atoms. The zero-order valence-electron chi connectivity index (χ0n) is 12.3. The van der Waals surface area contributed by atoms with Crippen molar-refractivity contribution in [3.63, 3.8) is 0 Å². The minimum absolute atomic E-state index is 0.0104. The summed E-state index contributed by atoms with van der Waals surface area (Å²) in [6.45, 7) is 2.44. The molecule has 0 spiro atoms. The average Bonchev–Trinajstić information content (AvgIpc) is 2.49. The second-order valence-corrected chi connectivity index (χ2v) is 5.11. The number of aromatic nitrogens is 1. The summed E-state index contributed by atoms with van der Waals surface area (Å²) in [5.41, 5.74) is 8.81. The van der Waals surface area contributed by atoms with Gasteiger partial charge in [0, 0.05) is 13.0 Å². The van der Waals surface area contributed by atoms with Crippen molar-refractivity contribution < 1.29 is 4.79 Å². The molecule has 0 saturated heterocycles. The van der Waals surface area contributed by atoms with Gasteiger partial charge in [-0.25, -0.2) is 4.98 Å². The number of hydrogen-bond donors (Lipinski definition) is 2. The number of benzene rings is 1. The highest BCUT2D eigenvalue weighted by Gasteiger charge is 2.04. The quantitative estimate of drug-likeness (QED) is 0.856. The molecule has 1 heterocycles. The van der Waals surface area contributed by atoms with Crippen LogP contribution in [0.1, 0.15) is 29.7 Å². The number of carbonyl (C=O) groups excluding carboxylic acids is 1. The molecule has 2 aromatic rings. The van der Waals surface area contributed by atoms with Gasteiger partial charge < -0.3 is 11.1 Å². The summed E-state index contributed by atoms with van der Waals surface area (Å²) in [5.74, 6) is 0.557. The van der Waals surface area contributed by atoms with Crippen LogP contribution in [0.3, 0.4) is 0 Å². The molecular weight excluding hydrogens is 262 g/mol. The van der Waals surface area contributed by atoms with Crippen molar-refractivity contribution in [2.24, 2.45) is 5.73 Å². The first-order valence-electron chi connectivity index (χ1n) is 7.19. The number of nitrogens with two attached hydrogens (primary N) is 1. The van der Waals surface area contributed by atoms with E-state index in [2.05, 4.69) is 41.5 Å². The fourth-order valence-electron chi connectivity index (χ4n) is 2.08. The molecule has 0 saturated carbocycles. The topological polar surface area (TPSA) is 68.0 Å². The number of anilines is 1. The van der Waals surface area contributed by atoms with Gasteiger partial charge in [0.1, 0.15) is 5.82 Å². The number of hydrogen-bond acceptors (Lipinski definition) is 3. The summed E-state index contributed by atoms with van der Waals surface area (Å²) >= 11 is 0. The maximum atomic E-state index is 11.9. The minimum atomic E-state index is -0.0104. The largest absolute Gasteiger partial charge is 0.325 e. The second-order valence-electron chi connectivity index (χ2n) is 5.11. The van der Waals surface area contributed by atoms with E-state index in [1.54, 1.807) is 6.07 Å². The molecule has 0 aliphatic heterocycles. The number of nitrogens with one attached hydrogen (secondary N) is 1. The van der Waals surface area contributed by atoms with E-state index in [0.717, 1.165) is 18.5 Å². The molecule has 0 aliphatic carbocycles. The number of pyridine rings is 1.